The number of hydrogen-bond donors (Lipinski definition) is 0. The summed E-state index contributed by atoms with van der Waals surface area (Å²) in [6, 6.07) is 73.3. The van der Waals surface area contributed by atoms with E-state index >= 15 is 0 Å². The molecule has 0 saturated carbocycles. The third-order valence-corrected chi connectivity index (χ3v) is 17.8. The zero-order valence-corrected chi connectivity index (χ0v) is 33.9. The van der Waals surface area contributed by atoms with E-state index < -0.39 is 8.07 Å². The SMILES string of the molecule is CC1(C)c2ccccc2-c2ccc3c4ccccc4n(-c4ccc(-c5nc(-c6ccccc6)nc6c5-c5ccccc5[Si]6(c5ccccc5)c5ccccc5)cc4)c3c21. The van der Waals surface area contributed by atoms with Gasteiger partial charge in [-0.2, -0.15) is 0 Å². The molecule has 2 aromatic heterocycles. The molecule has 1 aliphatic carbocycles. The third-order valence-electron chi connectivity index (χ3n) is 13.1. The van der Waals surface area contributed by atoms with E-state index in [4.69, 9.17) is 9.97 Å². The molecule has 0 fully saturated rings. The summed E-state index contributed by atoms with van der Waals surface area (Å²) in [6.07, 6.45) is 0. The Kier molecular flexibility index (Phi) is 7.29. The van der Waals surface area contributed by atoms with Gasteiger partial charge >= 0.3 is 0 Å². The molecule has 3 heterocycles. The van der Waals surface area contributed by atoms with Gasteiger partial charge in [0.25, 0.3) is 0 Å². The average molecular weight is 770 g/mol. The van der Waals surface area contributed by atoms with Crippen LogP contribution in [-0.4, -0.2) is 22.6 Å². The highest BCUT2D eigenvalue weighted by molar-refractivity contribution is 7.21. The van der Waals surface area contributed by atoms with E-state index in [0.717, 1.165) is 39.2 Å². The zero-order valence-electron chi connectivity index (χ0n) is 32.9. The fourth-order valence-electron chi connectivity index (χ4n) is 10.5. The van der Waals surface area contributed by atoms with Crippen molar-refractivity contribution >= 4 is 50.8 Å². The van der Waals surface area contributed by atoms with Gasteiger partial charge in [-0.05, 0) is 61.6 Å². The minimum atomic E-state index is -2.88. The fourth-order valence-corrected chi connectivity index (χ4v) is 15.5. The van der Waals surface area contributed by atoms with Crippen molar-refractivity contribution in [2.45, 2.75) is 19.3 Å². The van der Waals surface area contributed by atoms with Gasteiger partial charge in [-0.15, -0.1) is 0 Å². The molecule has 59 heavy (non-hydrogen) atoms. The van der Waals surface area contributed by atoms with Crippen molar-refractivity contribution in [3.05, 3.63) is 211 Å². The summed E-state index contributed by atoms with van der Waals surface area (Å²) in [6.45, 7) is 4.77. The Balaban J connectivity index is 1.12. The summed E-state index contributed by atoms with van der Waals surface area (Å²) in [4.78, 5) is 11.2. The van der Waals surface area contributed by atoms with E-state index in [1.807, 2.05) is 0 Å². The van der Waals surface area contributed by atoms with Gasteiger partial charge < -0.3 is 4.57 Å². The van der Waals surface area contributed by atoms with Crippen molar-refractivity contribution in [1.29, 1.82) is 0 Å². The smallest absolute Gasteiger partial charge is 0.203 e. The van der Waals surface area contributed by atoms with Gasteiger partial charge in [-0.25, -0.2) is 9.97 Å². The van der Waals surface area contributed by atoms with Crippen LogP contribution in [0.15, 0.2) is 200 Å². The first-order valence-electron chi connectivity index (χ1n) is 20.5. The van der Waals surface area contributed by atoms with Gasteiger partial charge in [0.2, 0.25) is 8.07 Å². The minimum Gasteiger partial charge on any atom is -0.309 e. The number of nitrogens with zero attached hydrogens (tertiary/aromatic N) is 3. The lowest BCUT2D eigenvalue weighted by Gasteiger charge is -2.30. The van der Waals surface area contributed by atoms with Crippen LogP contribution in [0, 0.1) is 0 Å². The summed E-state index contributed by atoms with van der Waals surface area (Å²) in [5.74, 6) is 0.750. The predicted molar refractivity (Wildman–Crippen MR) is 247 cm³/mol. The minimum absolute atomic E-state index is 0.159. The largest absolute Gasteiger partial charge is 0.309 e. The highest BCUT2D eigenvalue weighted by Crippen LogP contribution is 2.53. The summed E-state index contributed by atoms with van der Waals surface area (Å²) in [5.41, 5.74) is 14.3. The van der Waals surface area contributed by atoms with Gasteiger partial charge in [-0.3, -0.25) is 0 Å². The molecule has 0 N–H and O–H groups in total. The van der Waals surface area contributed by atoms with Crippen molar-refractivity contribution in [2.24, 2.45) is 0 Å². The number of aromatic nitrogens is 3. The first-order valence-corrected chi connectivity index (χ1v) is 22.5. The van der Waals surface area contributed by atoms with Crippen molar-refractivity contribution in [2.75, 3.05) is 0 Å². The van der Waals surface area contributed by atoms with Crippen molar-refractivity contribution < 1.29 is 0 Å². The van der Waals surface area contributed by atoms with E-state index in [1.165, 1.54) is 65.2 Å². The summed E-state index contributed by atoms with van der Waals surface area (Å²) in [7, 11) is -2.88. The quantitative estimate of drug-likeness (QED) is 0.163. The summed E-state index contributed by atoms with van der Waals surface area (Å²) < 4.78 is 2.50. The Morgan fingerprint density at radius 3 is 1.81 bits per heavy atom. The molecule has 3 nitrogen and oxygen atoms in total. The van der Waals surface area contributed by atoms with Crippen LogP contribution in [0.4, 0.5) is 0 Å². The first-order chi connectivity index (χ1) is 29.0. The Morgan fingerprint density at radius 1 is 0.475 bits per heavy atom. The standard InChI is InChI=1S/C55H39N3Si/c1-55(2)46-27-15-12-24-41(46)43-34-35-44-42-25-13-16-28-47(42)58(52(44)50(43)55)38-32-30-36(31-33-38)51-49-45-26-14-17-29-48(45)59(39-20-8-4-9-21-39,40-22-10-5-11-23-40)54(49)57-53(56-51)37-18-6-3-7-19-37/h3-35H,1-2H3. The third kappa shape index (κ3) is 4.69. The number of fused-ring (bicyclic) bond motifs is 10. The maximum Gasteiger partial charge on any atom is 0.203 e. The van der Waals surface area contributed by atoms with E-state index in [9.17, 15) is 0 Å². The van der Waals surface area contributed by atoms with Crippen LogP contribution >= 0.6 is 0 Å². The van der Waals surface area contributed by atoms with Crippen LogP contribution in [0.3, 0.4) is 0 Å². The molecule has 0 radical (unpaired) electrons. The lowest BCUT2D eigenvalue weighted by molar-refractivity contribution is 0.664. The van der Waals surface area contributed by atoms with Crippen LogP contribution in [0.5, 0.6) is 0 Å². The van der Waals surface area contributed by atoms with Crippen molar-refractivity contribution in [1.82, 2.24) is 14.5 Å². The number of hydrogen-bond acceptors (Lipinski definition) is 2. The van der Waals surface area contributed by atoms with Crippen molar-refractivity contribution in [3.8, 4) is 50.6 Å². The molecular weight excluding hydrogens is 731 g/mol. The van der Waals surface area contributed by atoms with Crippen LogP contribution in [0.1, 0.15) is 25.0 Å². The van der Waals surface area contributed by atoms with E-state index in [-0.39, 0.29) is 5.41 Å². The molecule has 2 aliphatic rings. The van der Waals surface area contributed by atoms with Crippen LogP contribution in [0.2, 0.25) is 0 Å². The lowest BCUT2D eigenvalue weighted by Crippen LogP contribution is -2.73. The fraction of sp³-hybridized carbons (Fsp3) is 0.0545. The second-order valence-corrected chi connectivity index (χ2v) is 20.1. The maximum atomic E-state index is 5.67. The van der Waals surface area contributed by atoms with Crippen LogP contribution in [-0.2, 0) is 5.41 Å². The first kappa shape index (κ1) is 33.9. The van der Waals surface area contributed by atoms with Gasteiger partial charge in [0.1, 0.15) is 0 Å². The summed E-state index contributed by atoms with van der Waals surface area (Å²) in [5, 5.41) is 7.68. The normalized spacial score (nSPS) is 14.2. The molecule has 0 spiro atoms. The summed E-state index contributed by atoms with van der Waals surface area (Å²) >= 11 is 0. The highest BCUT2D eigenvalue weighted by Gasteiger charge is 2.51. The molecule has 8 aromatic carbocycles. The monoisotopic (exact) mass is 769 g/mol. The van der Waals surface area contributed by atoms with Crippen LogP contribution < -0.4 is 20.9 Å². The van der Waals surface area contributed by atoms with Gasteiger partial charge in [0.15, 0.2) is 5.82 Å². The molecule has 0 bridgehead atoms. The van der Waals surface area contributed by atoms with E-state index in [2.05, 4.69) is 219 Å². The zero-order chi connectivity index (χ0) is 39.3. The molecule has 12 rings (SSSR count). The van der Waals surface area contributed by atoms with Crippen LogP contribution in [0.25, 0.3) is 72.4 Å². The van der Waals surface area contributed by atoms with E-state index in [0.29, 0.717) is 0 Å². The topological polar surface area (TPSA) is 30.7 Å². The highest BCUT2D eigenvalue weighted by atomic mass is 28.3. The molecule has 278 valence electrons. The number of rotatable bonds is 5. The maximum absolute atomic E-state index is 5.67. The Morgan fingerprint density at radius 2 is 1.08 bits per heavy atom. The number of benzene rings is 8. The molecule has 4 heteroatoms. The molecule has 1 aliphatic heterocycles. The molecule has 0 amide bonds. The van der Waals surface area contributed by atoms with Gasteiger partial charge in [0, 0.05) is 38.6 Å². The average Bonchev–Trinajstić information content (AvgIpc) is 3.88. The molecule has 0 unspecified atom stereocenters. The van der Waals surface area contributed by atoms with Gasteiger partial charge in [0.05, 0.1) is 22.0 Å². The Bertz CT molecular complexity index is 3240. The van der Waals surface area contributed by atoms with Gasteiger partial charge in [-0.1, -0.05) is 196 Å². The van der Waals surface area contributed by atoms with E-state index in [1.54, 1.807) is 0 Å². The molecule has 0 saturated heterocycles. The lowest BCUT2D eigenvalue weighted by atomic mass is 9.81. The Hall–Kier alpha value is -7.14. The molecule has 10 aromatic rings. The molecule has 0 atom stereocenters. The van der Waals surface area contributed by atoms with Crippen molar-refractivity contribution in [3.63, 3.8) is 0 Å². The molecular formula is C55H39N3Si. The number of para-hydroxylation sites is 1. The Labute approximate surface area is 345 Å². The second-order valence-electron chi connectivity index (χ2n) is 16.5. The second kappa shape index (κ2) is 12.7. The predicted octanol–water partition coefficient (Wildman–Crippen LogP) is 10.6.